The predicted octanol–water partition coefficient (Wildman–Crippen LogP) is 3.88. The molecular weight excluding hydrogens is 402 g/mol. The maximum Gasteiger partial charge on any atom is 0.387 e. The zero-order valence-electron chi connectivity index (χ0n) is 14.4. The first kappa shape index (κ1) is 21.1. The summed E-state index contributed by atoms with van der Waals surface area (Å²) in [4.78, 5) is 12.3. The highest BCUT2D eigenvalue weighted by atomic mass is 35.5. The number of benzene rings is 2. The number of amides is 1. The maximum absolute atomic E-state index is 12.4. The fraction of sp³-hybridized carbons (Fsp3) is 0.235. The minimum Gasteiger partial charge on any atom is -0.433 e. The van der Waals surface area contributed by atoms with E-state index >= 15 is 0 Å². The Bertz CT molecular complexity index is 936. The van der Waals surface area contributed by atoms with Crippen LogP contribution in [0.2, 0.25) is 5.02 Å². The van der Waals surface area contributed by atoms with E-state index in [0.29, 0.717) is 0 Å². The predicted molar refractivity (Wildman–Crippen MR) is 97.9 cm³/mol. The Hall–Kier alpha value is -2.23. The van der Waals surface area contributed by atoms with Crippen molar-refractivity contribution < 1.29 is 26.7 Å². The average Bonchev–Trinajstić information content (AvgIpc) is 2.56. The van der Waals surface area contributed by atoms with Gasteiger partial charge in [0, 0.05) is 17.3 Å². The average molecular weight is 419 g/mol. The summed E-state index contributed by atoms with van der Waals surface area (Å²) in [5.41, 5.74) is 0.339. The first-order valence-electron chi connectivity index (χ1n) is 7.76. The number of hydrogen-bond donors (Lipinski definition) is 2. The SMILES string of the molecule is CC(C)NS(=O)(=O)c1cccc(C(=O)Nc2ccc(OC(F)F)c(Cl)c2)c1. The van der Waals surface area contributed by atoms with Gasteiger partial charge in [-0.1, -0.05) is 17.7 Å². The third-order valence-corrected chi connectivity index (χ3v) is 5.15. The fourth-order valence-electron chi connectivity index (χ4n) is 2.16. The number of carbonyl (C=O) groups excluding carboxylic acids is 1. The van der Waals surface area contributed by atoms with Gasteiger partial charge in [0.2, 0.25) is 10.0 Å². The summed E-state index contributed by atoms with van der Waals surface area (Å²) in [5, 5.41) is 2.41. The number of alkyl halides is 2. The molecule has 2 aromatic rings. The van der Waals surface area contributed by atoms with Crippen molar-refractivity contribution in [3.05, 3.63) is 53.1 Å². The standard InChI is InChI=1S/C17H17ClF2N2O4S/c1-10(2)22-27(24,25)13-5-3-4-11(8-13)16(23)21-12-6-7-15(14(18)9-12)26-17(19)20/h3-10,17,22H,1-2H3,(H,21,23). The molecule has 27 heavy (non-hydrogen) atoms. The Morgan fingerprint density at radius 2 is 1.85 bits per heavy atom. The molecule has 0 saturated carbocycles. The molecule has 2 aromatic carbocycles. The van der Waals surface area contributed by atoms with Crippen molar-refractivity contribution in [3.63, 3.8) is 0 Å². The van der Waals surface area contributed by atoms with Crippen LogP contribution in [0.25, 0.3) is 0 Å². The molecule has 2 N–H and O–H groups in total. The van der Waals surface area contributed by atoms with Gasteiger partial charge in [0.25, 0.3) is 5.91 Å². The van der Waals surface area contributed by atoms with Crippen LogP contribution in [0, 0.1) is 0 Å². The molecule has 1 amide bonds. The van der Waals surface area contributed by atoms with E-state index in [0.717, 1.165) is 0 Å². The second kappa shape index (κ2) is 8.64. The van der Waals surface area contributed by atoms with Crippen LogP contribution in [-0.4, -0.2) is 27.0 Å². The molecule has 10 heteroatoms. The van der Waals surface area contributed by atoms with E-state index in [-0.39, 0.29) is 33.0 Å². The summed E-state index contributed by atoms with van der Waals surface area (Å²) < 4.78 is 55.6. The monoisotopic (exact) mass is 418 g/mol. The van der Waals surface area contributed by atoms with E-state index in [2.05, 4.69) is 14.8 Å². The molecule has 2 rings (SSSR count). The second-order valence-corrected chi connectivity index (χ2v) is 7.90. The van der Waals surface area contributed by atoms with Crippen LogP contribution in [0.5, 0.6) is 5.75 Å². The second-order valence-electron chi connectivity index (χ2n) is 5.78. The minimum absolute atomic E-state index is 0.0532. The van der Waals surface area contributed by atoms with Crippen LogP contribution in [-0.2, 0) is 10.0 Å². The quantitative estimate of drug-likeness (QED) is 0.714. The van der Waals surface area contributed by atoms with Crippen molar-refractivity contribution in [3.8, 4) is 5.75 Å². The van der Waals surface area contributed by atoms with Crippen LogP contribution < -0.4 is 14.8 Å². The van der Waals surface area contributed by atoms with E-state index < -0.39 is 22.5 Å². The molecule has 6 nitrogen and oxygen atoms in total. The number of nitrogens with one attached hydrogen (secondary N) is 2. The summed E-state index contributed by atoms with van der Waals surface area (Å²) in [7, 11) is -3.75. The van der Waals surface area contributed by atoms with Crippen molar-refractivity contribution >= 4 is 33.2 Å². The first-order chi connectivity index (χ1) is 12.6. The van der Waals surface area contributed by atoms with E-state index in [1.807, 2.05) is 0 Å². The Morgan fingerprint density at radius 3 is 2.44 bits per heavy atom. The smallest absolute Gasteiger partial charge is 0.387 e. The third kappa shape index (κ3) is 5.88. The zero-order chi connectivity index (χ0) is 20.2. The molecule has 146 valence electrons. The lowest BCUT2D eigenvalue weighted by atomic mass is 10.2. The van der Waals surface area contributed by atoms with E-state index in [1.54, 1.807) is 13.8 Å². The highest BCUT2D eigenvalue weighted by molar-refractivity contribution is 7.89. The molecule has 0 aliphatic rings. The first-order valence-corrected chi connectivity index (χ1v) is 9.62. The summed E-state index contributed by atoms with van der Waals surface area (Å²) >= 11 is 5.84. The lowest BCUT2D eigenvalue weighted by molar-refractivity contribution is -0.0497. The van der Waals surface area contributed by atoms with Gasteiger partial charge < -0.3 is 10.1 Å². The molecule has 0 heterocycles. The van der Waals surface area contributed by atoms with E-state index in [4.69, 9.17) is 11.6 Å². The van der Waals surface area contributed by atoms with Gasteiger partial charge in [-0.25, -0.2) is 13.1 Å². The van der Waals surface area contributed by atoms with Crippen molar-refractivity contribution in [2.45, 2.75) is 31.4 Å². The topological polar surface area (TPSA) is 84.5 Å². The Labute approximate surface area is 160 Å². The summed E-state index contributed by atoms with van der Waals surface area (Å²) in [6.07, 6.45) is 0. The minimum atomic E-state index is -3.75. The Kier molecular flexibility index (Phi) is 6.74. The van der Waals surface area contributed by atoms with E-state index in [9.17, 15) is 22.0 Å². The molecule has 0 bridgehead atoms. The van der Waals surface area contributed by atoms with Gasteiger partial charge >= 0.3 is 6.61 Å². The molecule has 0 unspecified atom stereocenters. The van der Waals surface area contributed by atoms with Gasteiger partial charge in [0.05, 0.1) is 9.92 Å². The molecule has 0 aliphatic heterocycles. The molecule has 0 spiro atoms. The number of rotatable bonds is 7. The van der Waals surface area contributed by atoms with Crippen molar-refractivity contribution in [2.24, 2.45) is 0 Å². The van der Waals surface area contributed by atoms with Crippen molar-refractivity contribution in [2.75, 3.05) is 5.32 Å². The summed E-state index contributed by atoms with van der Waals surface area (Å²) in [6, 6.07) is 8.96. The highest BCUT2D eigenvalue weighted by Crippen LogP contribution is 2.29. The largest absolute Gasteiger partial charge is 0.433 e. The van der Waals surface area contributed by atoms with Crippen LogP contribution in [0.1, 0.15) is 24.2 Å². The molecule has 0 aromatic heterocycles. The number of halogens is 3. The summed E-state index contributed by atoms with van der Waals surface area (Å²) in [6.45, 7) is 0.338. The van der Waals surface area contributed by atoms with Crippen LogP contribution >= 0.6 is 11.6 Å². The summed E-state index contributed by atoms with van der Waals surface area (Å²) in [5.74, 6) is -0.812. The van der Waals surface area contributed by atoms with Gasteiger partial charge in [0.15, 0.2) is 0 Å². The van der Waals surface area contributed by atoms with Gasteiger partial charge in [-0.05, 0) is 50.2 Å². The van der Waals surface area contributed by atoms with Crippen LogP contribution in [0.3, 0.4) is 0 Å². The van der Waals surface area contributed by atoms with Crippen LogP contribution in [0.4, 0.5) is 14.5 Å². The van der Waals surface area contributed by atoms with E-state index in [1.165, 1.54) is 42.5 Å². The number of carbonyl (C=O) groups is 1. The molecule has 0 radical (unpaired) electrons. The number of hydrogen-bond acceptors (Lipinski definition) is 4. The van der Waals surface area contributed by atoms with Crippen molar-refractivity contribution in [1.29, 1.82) is 0 Å². The lowest BCUT2D eigenvalue weighted by Crippen LogP contribution is -2.30. The van der Waals surface area contributed by atoms with Gasteiger partial charge in [-0.15, -0.1) is 0 Å². The molecule has 0 atom stereocenters. The molecule has 0 aliphatic carbocycles. The normalized spacial score (nSPS) is 11.7. The molecule has 0 fully saturated rings. The van der Waals surface area contributed by atoms with Gasteiger partial charge in [-0.3, -0.25) is 4.79 Å². The number of anilines is 1. The number of ether oxygens (including phenoxy) is 1. The maximum atomic E-state index is 12.4. The fourth-order valence-corrected chi connectivity index (χ4v) is 3.68. The van der Waals surface area contributed by atoms with Gasteiger partial charge in [0.1, 0.15) is 5.75 Å². The highest BCUT2D eigenvalue weighted by Gasteiger charge is 2.17. The Balaban J connectivity index is 2.19. The van der Waals surface area contributed by atoms with Gasteiger partial charge in [-0.2, -0.15) is 8.78 Å². The molecule has 0 saturated heterocycles. The molecular formula is C17H17ClF2N2O4S. The third-order valence-electron chi connectivity index (χ3n) is 3.20. The van der Waals surface area contributed by atoms with Crippen LogP contribution in [0.15, 0.2) is 47.4 Å². The number of sulfonamides is 1. The zero-order valence-corrected chi connectivity index (χ0v) is 15.9. The Morgan fingerprint density at radius 1 is 1.15 bits per heavy atom. The van der Waals surface area contributed by atoms with Crippen molar-refractivity contribution in [1.82, 2.24) is 4.72 Å². The lowest BCUT2D eigenvalue weighted by Gasteiger charge is -2.12.